The molecule has 0 saturated carbocycles. The summed E-state index contributed by atoms with van der Waals surface area (Å²) in [6.07, 6.45) is 2.22. The molecule has 0 saturated heterocycles. The average molecular weight is 234 g/mol. The number of rotatable bonds is 4. The summed E-state index contributed by atoms with van der Waals surface area (Å²) in [5.41, 5.74) is 0.839. The number of hydrogen-bond donors (Lipinski definition) is 2. The highest BCUT2D eigenvalue weighted by atomic mass is 35.5. The van der Waals surface area contributed by atoms with E-state index in [1.54, 1.807) is 12.1 Å². The fourth-order valence-corrected chi connectivity index (χ4v) is 1.56. The third-order valence-electron chi connectivity index (χ3n) is 1.88. The lowest BCUT2D eigenvalue weighted by Gasteiger charge is -2.07. The van der Waals surface area contributed by atoms with Crippen LogP contribution in [-0.4, -0.2) is 11.7 Å². The number of phenols is 1. The van der Waals surface area contributed by atoms with Crippen LogP contribution in [0.25, 0.3) is 0 Å². The van der Waals surface area contributed by atoms with Crippen LogP contribution in [0.2, 0.25) is 10.0 Å². The van der Waals surface area contributed by atoms with Crippen molar-refractivity contribution in [1.82, 2.24) is 0 Å². The highest BCUT2D eigenvalue weighted by molar-refractivity contribution is 6.37. The molecule has 0 amide bonds. The van der Waals surface area contributed by atoms with Crippen LogP contribution in [0.15, 0.2) is 12.1 Å². The summed E-state index contributed by atoms with van der Waals surface area (Å²) in [6.45, 7) is 3.01. The molecule has 0 heterocycles. The third-order valence-corrected chi connectivity index (χ3v) is 2.45. The minimum Gasteiger partial charge on any atom is -0.505 e. The van der Waals surface area contributed by atoms with Crippen molar-refractivity contribution in [2.75, 3.05) is 11.9 Å². The summed E-state index contributed by atoms with van der Waals surface area (Å²) >= 11 is 11.5. The predicted molar refractivity (Wildman–Crippen MR) is 61.5 cm³/mol. The fourth-order valence-electron chi connectivity index (χ4n) is 1.08. The van der Waals surface area contributed by atoms with Crippen LogP contribution in [0.5, 0.6) is 5.75 Å². The molecule has 1 aromatic rings. The van der Waals surface area contributed by atoms with Gasteiger partial charge in [-0.15, -0.1) is 0 Å². The molecular weight excluding hydrogens is 221 g/mol. The van der Waals surface area contributed by atoms with E-state index in [0.29, 0.717) is 0 Å². The zero-order valence-electron chi connectivity index (χ0n) is 7.98. The Morgan fingerprint density at radius 1 is 1.29 bits per heavy atom. The first-order valence-corrected chi connectivity index (χ1v) is 5.32. The molecule has 0 aliphatic heterocycles. The molecule has 0 bridgehead atoms. The number of nitrogens with one attached hydrogen (secondary N) is 1. The molecule has 4 heteroatoms. The van der Waals surface area contributed by atoms with E-state index in [9.17, 15) is 5.11 Å². The molecule has 1 aromatic carbocycles. The van der Waals surface area contributed by atoms with Gasteiger partial charge in [0.25, 0.3) is 0 Å². The van der Waals surface area contributed by atoms with E-state index in [-0.39, 0.29) is 15.8 Å². The highest BCUT2D eigenvalue weighted by Gasteiger charge is 2.05. The van der Waals surface area contributed by atoms with Crippen molar-refractivity contribution in [2.45, 2.75) is 19.8 Å². The molecule has 0 radical (unpaired) electrons. The second-order valence-electron chi connectivity index (χ2n) is 3.07. The van der Waals surface area contributed by atoms with Crippen LogP contribution in [0.3, 0.4) is 0 Å². The van der Waals surface area contributed by atoms with Crippen LogP contribution in [0.4, 0.5) is 5.69 Å². The SMILES string of the molecule is CCCCNc1cc(Cl)c(O)c(Cl)c1. The topological polar surface area (TPSA) is 32.3 Å². The molecule has 0 unspecified atom stereocenters. The van der Waals surface area contributed by atoms with Gasteiger partial charge in [-0.1, -0.05) is 36.5 Å². The van der Waals surface area contributed by atoms with E-state index in [4.69, 9.17) is 23.2 Å². The minimum atomic E-state index is -0.0608. The molecule has 0 aromatic heterocycles. The molecule has 0 aliphatic rings. The first kappa shape index (κ1) is 11.5. The number of halogens is 2. The highest BCUT2D eigenvalue weighted by Crippen LogP contribution is 2.34. The van der Waals surface area contributed by atoms with Gasteiger partial charge in [0.1, 0.15) is 0 Å². The van der Waals surface area contributed by atoms with Gasteiger partial charge in [0.05, 0.1) is 10.0 Å². The first-order valence-electron chi connectivity index (χ1n) is 4.57. The first-order chi connectivity index (χ1) is 6.65. The van der Waals surface area contributed by atoms with Gasteiger partial charge in [0, 0.05) is 12.2 Å². The second-order valence-corrected chi connectivity index (χ2v) is 3.88. The van der Waals surface area contributed by atoms with Crippen LogP contribution in [-0.2, 0) is 0 Å². The van der Waals surface area contributed by atoms with Crippen LogP contribution in [0, 0.1) is 0 Å². The number of anilines is 1. The Hall–Kier alpha value is -0.600. The summed E-state index contributed by atoms with van der Waals surface area (Å²) in [4.78, 5) is 0. The fraction of sp³-hybridized carbons (Fsp3) is 0.400. The Balaban J connectivity index is 2.69. The Labute approximate surface area is 93.8 Å². The van der Waals surface area contributed by atoms with Gasteiger partial charge in [-0.05, 0) is 18.6 Å². The summed E-state index contributed by atoms with van der Waals surface area (Å²) in [7, 11) is 0. The molecule has 2 nitrogen and oxygen atoms in total. The van der Waals surface area contributed by atoms with Crippen LogP contribution >= 0.6 is 23.2 Å². The lowest BCUT2D eigenvalue weighted by Crippen LogP contribution is -2.00. The van der Waals surface area contributed by atoms with Crippen molar-refractivity contribution in [3.05, 3.63) is 22.2 Å². The number of aromatic hydroxyl groups is 1. The molecular formula is C10H13Cl2NO. The molecule has 2 N–H and O–H groups in total. The van der Waals surface area contributed by atoms with Crippen molar-refractivity contribution in [1.29, 1.82) is 0 Å². The van der Waals surface area contributed by atoms with Crippen molar-refractivity contribution < 1.29 is 5.11 Å². The van der Waals surface area contributed by atoms with Crippen molar-refractivity contribution in [3.8, 4) is 5.75 Å². The quantitative estimate of drug-likeness (QED) is 0.611. The number of benzene rings is 1. The van der Waals surface area contributed by atoms with E-state index in [1.165, 1.54) is 0 Å². The van der Waals surface area contributed by atoms with Gasteiger partial charge >= 0.3 is 0 Å². The van der Waals surface area contributed by atoms with E-state index >= 15 is 0 Å². The zero-order chi connectivity index (χ0) is 10.6. The lowest BCUT2D eigenvalue weighted by molar-refractivity contribution is 0.476. The summed E-state index contributed by atoms with van der Waals surface area (Å²) < 4.78 is 0. The normalized spacial score (nSPS) is 10.2. The van der Waals surface area contributed by atoms with Crippen molar-refractivity contribution in [2.24, 2.45) is 0 Å². The van der Waals surface area contributed by atoms with Crippen molar-refractivity contribution in [3.63, 3.8) is 0 Å². The second kappa shape index (κ2) is 5.32. The summed E-state index contributed by atoms with van der Waals surface area (Å²) in [6, 6.07) is 3.33. The largest absolute Gasteiger partial charge is 0.505 e. The van der Waals surface area contributed by atoms with Gasteiger partial charge in [-0.2, -0.15) is 0 Å². The Bertz CT molecular complexity index is 292. The Kier molecular flexibility index (Phi) is 4.36. The van der Waals surface area contributed by atoms with Gasteiger partial charge in [-0.3, -0.25) is 0 Å². The van der Waals surface area contributed by atoms with Gasteiger partial charge in [0.15, 0.2) is 5.75 Å². The van der Waals surface area contributed by atoms with Gasteiger partial charge in [0.2, 0.25) is 0 Å². The van der Waals surface area contributed by atoms with E-state index < -0.39 is 0 Å². The van der Waals surface area contributed by atoms with E-state index in [2.05, 4.69) is 12.2 Å². The molecule has 0 aliphatic carbocycles. The molecule has 1 rings (SSSR count). The molecule has 0 atom stereocenters. The average Bonchev–Trinajstić information content (AvgIpc) is 2.14. The monoisotopic (exact) mass is 233 g/mol. The Morgan fingerprint density at radius 2 is 1.86 bits per heavy atom. The number of unbranched alkanes of at least 4 members (excludes halogenated alkanes) is 1. The zero-order valence-corrected chi connectivity index (χ0v) is 9.49. The molecule has 14 heavy (non-hydrogen) atoms. The molecule has 0 fully saturated rings. The van der Waals surface area contributed by atoms with Gasteiger partial charge in [-0.25, -0.2) is 0 Å². The standard InChI is InChI=1S/C10H13Cl2NO/c1-2-3-4-13-7-5-8(11)10(14)9(12)6-7/h5-6,13-14H,2-4H2,1H3. The van der Waals surface area contributed by atoms with E-state index in [1.807, 2.05) is 0 Å². The molecule has 0 spiro atoms. The maximum atomic E-state index is 9.31. The summed E-state index contributed by atoms with van der Waals surface area (Å²) in [5.74, 6) is -0.0608. The number of hydrogen-bond acceptors (Lipinski definition) is 2. The maximum absolute atomic E-state index is 9.31. The van der Waals surface area contributed by atoms with Crippen LogP contribution in [0.1, 0.15) is 19.8 Å². The lowest BCUT2D eigenvalue weighted by atomic mass is 10.3. The van der Waals surface area contributed by atoms with Gasteiger partial charge < -0.3 is 10.4 Å². The predicted octanol–water partition coefficient (Wildman–Crippen LogP) is 3.91. The number of phenolic OH excluding ortho intramolecular Hbond substituents is 1. The summed E-state index contributed by atoms with van der Waals surface area (Å²) in [5, 5.41) is 13.0. The van der Waals surface area contributed by atoms with Crippen molar-refractivity contribution >= 4 is 28.9 Å². The third kappa shape index (κ3) is 2.96. The van der Waals surface area contributed by atoms with Crippen LogP contribution < -0.4 is 5.32 Å². The minimum absolute atomic E-state index is 0.0608. The Morgan fingerprint density at radius 3 is 2.36 bits per heavy atom. The maximum Gasteiger partial charge on any atom is 0.152 e. The van der Waals surface area contributed by atoms with E-state index in [0.717, 1.165) is 25.1 Å². The molecule has 78 valence electrons. The smallest absolute Gasteiger partial charge is 0.152 e.